The number of amides is 1. The van der Waals surface area contributed by atoms with Crippen LogP contribution in [0, 0.1) is 6.92 Å². The molecular formula is C17H20N2O3. The van der Waals surface area contributed by atoms with Gasteiger partial charge in [0.1, 0.15) is 24.7 Å². The van der Waals surface area contributed by atoms with Crippen LogP contribution in [0.25, 0.3) is 0 Å². The summed E-state index contributed by atoms with van der Waals surface area (Å²) in [6, 6.07) is 12.7. The number of hydrogen-bond donors (Lipinski definition) is 2. The van der Waals surface area contributed by atoms with Gasteiger partial charge in [-0.05, 0) is 42.8 Å². The number of hydrogen-bond acceptors (Lipinski definition) is 4. The molecule has 0 saturated heterocycles. The van der Waals surface area contributed by atoms with Gasteiger partial charge in [0.15, 0.2) is 0 Å². The van der Waals surface area contributed by atoms with Crippen molar-refractivity contribution in [1.82, 2.24) is 5.32 Å². The van der Waals surface area contributed by atoms with Gasteiger partial charge in [0.2, 0.25) is 0 Å². The molecule has 22 heavy (non-hydrogen) atoms. The number of rotatable bonds is 6. The Labute approximate surface area is 130 Å². The maximum absolute atomic E-state index is 11.6. The molecule has 0 saturated carbocycles. The summed E-state index contributed by atoms with van der Waals surface area (Å²) in [4.78, 5) is 11.6. The molecule has 3 N–H and O–H groups in total. The first-order valence-electron chi connectivity index (χ1n) is 7.04. The predicted molar refractivity (Wildman–Crippen MR) is 86.4 cm³/mol. The molecule has 0 fully saturated rings. The van der Waals surface area contributed by atoms with E-state index in [1.165, 1.54) is 0 Å². The van der Waals surface area contributed by atoms with E-state index in [-0.39, 0.29) is 5.91 Å². The Balaban J connectivity index is 1.90. The zero-order valence-corrected chi connectivity index (χ0v) is 12.8. The number of anilines is 1. The number of ether oxygens (including phenoxy) is 2. The van der Waals surface area contributed by atoms with Crippen LogP contribution >= 0.6 is 0 Å². The van der Waals surface area contributed by atoms with Gasteiger partial charge >= 0.3 is 0 Å². The number of carbonyl (C=O) groups is 1. The highest BCUT2D eigenvalue weighted by molar-refractivity contribution is 5.95. The van der Waals surface area contributed by atoms with Crippen molar-refractivity contribution < 1.29 is 14.3 Å². The lowest BCUT2D eigenvalue weighted by molar-refractivity contribution is 0.0962. The van der Waals surface area contributed by atoms with E-state index in [4.69, 9.17) is 15.2 Å². The zero-order valence-electron chi connectivity index (χ0n) is 12.8. The highest BCUT2D eigenvalue weighted by Crippen LogP contribution is 2.22. The normalized spacial score (nSPS) is 10.1. The predicted octanol–water partition coefficient (Wildman–Crippen LogP) is 2.39. The molecule has 5 heteroatoms. The molecular weight excluding hydrogens is 280 g/mol. The largest absolute Gasteiger partial charge is 0.490 e. The summed E-state index contributed by atoms with van der Waals surface area (Å²) < 4.78 is 11.2. The minimum Gasteiger partial charge on any atom is -0.490 e. The number of benzene rings is 2. The number of nitrogens with two attached hydrogens (primary N) is 1. The quantitative estimate of drug-likeness (QED) is 0.634. The van der Waals surface area contributed by atoms with E-state index < -0.39 is 0 Å². The molecule has 0 unspecified atom stereocenters. The van der Waals surface area contributed by atoms with Crippen LogP contribution in [0.4, 0.5) is 5.69 Å². The number of aryl methyl sites for hydroxylation is 1. The number of carbonyl (C=O) groups excluding carboxylic acids is 1. The molecule has 2 aromatic carbocycles. The zero-order chi connectivity index (χ0) is 15.9. The van der Waals surface area contributed by atoms with Crippen LogP contribution < -0.4 is 20.5 Å². The summed E-state index contributed by atoms with van der Waals surface area (Å²) in [5.41, 5.74) is 7.98. The van der Waals surface area contributed by atoms with Crippen molar-refractivity contribution >= 4 is 11.6 Å². The lowest BCUT2D eigenvalue weighted by Gasteiger charge is -2.11. The third-order valence-corrected chi connectivity index (χ3v) is 3.10. The summed E-state index contributed by atoms with van der Waals surface area (Å²) in [7, 11) is 1.58. The average molecular weight is 300 g/mol. The molecule has 2 rings (SSSR count). The second-order valence-corrected chi connectivity index (χ2v) is 4.85. The van der Waals surface area contributed by atoms with E-state index in [9.17, 15) is 4.79 Å². The van der Waals surface area contributed by atoms with Crippen molar-refractivity contribution in [2.24, 2.45) is 0 Å². The van der Waals surface area contributed by atoms with Crippen LogP contribution in [0.15, 0.2) is 42.5 Å². The first-order chi connectivity index (χ1) is 10.6. The van der Waals surface area contributed by atoms with Crippen molar-refractivity contribution in [3.05, 3.63) is 53.6 Å². The fourth-order valence-electron chi connectivity index (χ4n) is 1.96. The van der Waals surface area contributed by atoms with Gasteiger partial charge in [-0.1, -0.05) is 12.1 Å². The molecule has 0 aliphatic carbocycles. The topological polar surface area (TPSA) is 73.6 Å². The number of nitrogens with one attached hydrogen (secondary N) is 1. The second-order valence-electron chi connectivity index (χ2n) is 4.85. The highest BCUT2D eigenvalue weighted by Gasteiger charge is 2.07. The summed E-state index contributed by atoms with van der Waals surface area (Å²) in [5, 5.41) is 2.56. The van der Waals surface area contributed by atoms with Gasteiger partial charge in [-0.15, -0.1) is 0 Å². The molecule has 5 nitrogen and oxygen atoms in total. The molecule has 0 heterocycles. The lowest BCUT2D eigenvalue weighted by Crippen LogP contribution is -2.18. The van der Waals surface area contributed by atoms with E-state index in [1.54, 1.807) is 25.2 Å². The van der Waals surface area contributed by atoms with E-state index >= 15 is 0 Å². The minimum atomic E-state index is -0.180. The van der Waals surface area contributed by atoms with E-state index in [0.29, 0.717) is 30.2 Å². The number of nitrogen functional groups attached to an aromatic ring is 1. The van der Waals surface area contributed by atoms with Crippen LogP contribution in [-0.2, 0) is 0 Å². The van der Waals surface area contributed by atoms with Crippen molar-refractivity contribution in [1.29, 1.82) is 0 Å². The van der Waals surface area contributed by atoms with E-state index in [1.807, 2.05) is 31.2 Å². The Hall–Kier alpha value is -2.69. The molecule has 0 aliphatic rings. The van der Waals surface area contributed by atoms with Gasteiger partial charge < -0.3 is 20.5 Å². The van der Waals surface area contributed by atoms with E-state index in [0.717, 1.165) is 11.3 Å². The van der Waals surface area contributed by atoms with Crippen LogP contribution in [0.3, 0.4) is 0 Å². The Morgan fingerprint density at radius 3 is 2.64 bits per heavy atom. The first-order valence-corrected chi connectivity index (χ1v) is 7.04. The molecule has 0 bridgehead atoms. The van der Waals surface area contributed by atoms with Crippen LogP contribution in [0.2, 0.25) is 0 Å². The van der Waals surface area contributed by atoms with Crippen molar-refractivity contribution in [2.45, 2.75) is 6.92 Å². The maximum Gasteiger partial charge on any atom is 0.251 e. The van der Waals surface area contributed by atoms with Gasteiger partial charge in [-0.25, -0.2) is 0 Å². The lowest BCUT2D eigenvalue weighted by atomic mass is 10.2. The molecule has 0 atom stereocenters. The molecule has 0 aliphatic heterocycles. The van der Waals surface area contributed by atoms with Gasteiger partial charge in [0.05, 0.1) is 5.69 Å². The van der Waals surface area contributed by atoms with Crippen LogP contribution in [0.5, 0.6) is 11.5 Å². The second kappa shape index (κ2) is 7.36. The SMILES string of the molecule is CNC(=O)c1ccc(N)c(OCCOc2cccc(C)c2)c1. The van der Waals surface area contributed by atoms with Crippen LogP contribution in [0.1, 0.15) is 15.9 Å². The van der Waals surface area contributed by atoms with Crippen molar-refractivity contribution in [2.75, 3.05) is 26.0 Å². The Bertz CT molecular complexity index is 656. The fourth-order valence-corrected chi connectivity index (χ4v) is 1.96. The minimum absolute atomic E-state index is 0.180. The third kappa shape index (κ3) is 4.15. The van der Waals surface area contributed by atoms with Crippen molar-refractivity contribution in [3.63, 3.8) is 0 Å². The van der Waals surface area contributed by atoms with Crippen molar-refractivity contribution in [3.8, 4) is 11.5 Å². The summed E-state index contributed by atoms with van der Waals surface area (Å²) in [6.45, 7) is 2.75. The van der Waals surface area contributed by atoms with E-state index in [2.05, 4.69) is 5.32 Å². The maximum atomic E-state index is 11.6. The summed E-state index contributed by atoms with van der Waals surface area (Å²) >= 11 is 0. The van der Waals surface area contributed by atoms with Gasteiger partial charge in [0.25, 0.3) is 5.91 Å². The monoisotopic (exact) mass is 300 g/mol. The molecule has 2 aromatic rings. The summed E-state index contributed by atoms with van der Waals surface area (Å²) in [6.07, 6.45) is 0. The molecule has 0 spiro atoms. The smallest absolute Gasteiger partial charge is 0.251 e. The van der Waals surface area contributed by atoms with Gasteiger partial charge in [-0.3, -0.25) is 4.79 Å². The molecule has 0 radical (unpaired) electrons. The van der Waals surface area contributed by atoms with Gasteiger partial charge in [0, 0.05) is 12.6 Å². The molecule has 1 amide bonds. The Kier molecular flexibility index (Phi) is 5.25. The van der Waals surface area contributed by atoms with Crippen LogP contribution in [-0.4, -0.2) is 26.2 Å². The molecule has 0 aromatic heterocycles. The fraction of sp³-hybridized carbons (Fsp3) is 0.235. The third-order valence-electron chi connectivity index (χ3n) is 3.10. The summed E-state index contributed by atoms with van der Waals surface area (Å²) in [5.74, 6) is 1.10. The highest BCUT2D eigenvalue weighted by atomic mass is 16.5. The average Bonchev–Trinajstić information content (AvgIpc) is 2.52. The Morgan fingerprint density at radius 2 is 1.91 bits per heavy atom. The standard InChI is InChI=1S/C17H20N2O3/c1-12-4-3-5-14(10-12)21-8-9-22-16-11-13(17(20)19-2)6-7-15(16)18/h3-7,10-11H,8-9,18H2,1-2H3,(H,19,20). The van der Waals surface area contributed by atoms with Gasteiger partial charge in [-0.2, -0.15) is 0 Å². The molecule has 116 valence electrons. The first kappa shape index (κ1) is 15.7. The Morgan fingerprint density at radius 1 is 1.14 bits per heavy atom.